The summed E-state index contributed by atoms with van der Waals surface area (Å²) in [7, 11) is 0. The molecule has 0 fully saturated rings. The van der Waals surface area contributed by atoms with Crippen LogP contribution in [0.2, 0.25) is 0 Å². The molecule has 0 N–H and O–H groups in total. The van der Waals surface area contributed by atoms with E-state index in [2.05, 4.69) is 214 Å². The number of para-hydroxylation sites is 1. The Balaban J connectivity index is 0.00000270. The number of aliphatic imine (C=N–C) groups is 1. The Bertz CT molecular complexity index is 3350. The number of allylic oxidation sites excluding steroid dienone is 4. The van der Waals surface area contributed by atoms with Crippen molar-refractivity contribution in [2.24, 2.45) is 4.99 Å². The number of hydrogen-bond acceptors (Lipinski definition) is 1. The molecule has 0 amide bonds. The lowest BCUT2D eigenvalue weighted by Crippen LogP contribution is -2.00. The molecular formula is C64H56N2. The van der Waals surface area contributed by atoms with Crippen LogP contribution in [-0.2, 0) is 6.42 Å². The molecule has 8 aromatic carbocycles. The van der Waals surface area contributed by atoms with Gasteiger partial charge in [-0.2, -0.15) is 0 Å². The summed E-state index contributed by atoms with van der Waals surface area (Å²) in [5.74, 6) is 0.219. The molecule has 0 saturated carbocycles. The molecular weight excluding hydrogens is 797 g/mol. The molecule has 1 aliphatic carbocycles. The molecule has 1 aliphatic rings. The highest BCUT2D eigenvalue weighted by atomic mass is 15.0. The van der Waals surface area contributed by atoms with Gasteiger partial charge in [0.1, 0.15) is 0 Å². The first-order valence-corrected chi connectivity index (χ1v) is 23.3. The summed E-state index contributed by atoms with van der Waals surface area (Å²) in [4.78, 5) is 5.11. The third-order valence-corrected chi connectivity index (χ3v) is 12.8. The van der Waals surface area contributed by atoms with E-state index in [0.717, 1.165) is 63.1 Å². The largest absolute Gasteiger partial charge is 0.309 e. The van der Waals surface area contributed by atoms with Crippen molar-refractivity contribution in [1.29, 1.82) is 0 Å². The average molecular weight is 853 g/mol. The summed E-state index contributed by atoms with van der Waals surface area (Å²) in [6.07, 6.45) is 13.4. The number of benzene rings is 8. The summed E-state index contributed by atoms with van der Waals surface area (Å²) in [5.41, 5.74) is 18.3. The Morgan fingerprint density at radius 3 is 2.12 bits per heavy atom. The van der Waals surface area contributed by atoms with Gasteiger partial charge in [0.05, 0.1) is 22.4 Å². The first-order valence-electron chi connectivity index (χ1n) is 23.3. The fourth-order valence-corrected chi connectivity index (χ4v) is 9.37. The molecule has 0 bridgehead atoms. The third-order valence-electron chi connectivity index (χ3n) is 12.8. The fourth-order valence-electron chi connectivity index (χ4n) is 9.37. The normalized spacial score (nSPS) is 13.3. The number of aromatic nitrogens is 1. The maximum atomic E-state index is 5.11. The second-order valence-electron chi connectivity index (χ2n) is 16.9. The molecule has 2 heteroatoms. The van der Waals surface area contributed by atoms with Gasteiger partial charge in [-0.3, -0.25) is 0 Å². The van der Waals surface area contributed by atoms with E-state index in [1.807, 2.05) is 44.2 Å². The van der Waals surface area contributed by atoms with Crippen LogP contribution in [0.3, 0.4) is 0 Å². The molecule has 2 nitrogen and oxygen atoms in total. The van der Waals surface area contributed by atoms with Gasteiger partial charge >= 0.3 is 0 Å². The summed E-state index contributed by atoms with van der Waals surface area (Å²) in [5, 5.41) is 4.93. The van der Waals surface area contributed by atoms with Gasteiger partial charge in [-0.1, -0.05) is 210 Å². The second kappa shape index (κ2) is 19.5. The predicted octanol–water partition coefficient (Wildman–Crippen LogP) is 17.4. The van der Waals surface area contributed by atoms with Gasteiger partial charge in [0, 0.05) is 22.0 Å². The summed E-state index contributed by atoms with van der Waals surface area (Å²) in [6, 6.07) is 65.2. The number of nitrogens with zero attached hydrogens (tertiary/aromatic N) is 2. The second-order valence-corrected chi connectivity index (χ2v) is 16.9. The van der Waals surface area contributed by atoms with Gasteiger partial charge in [0.25, 0.3) is 0 Å². The minimum Gasteiger partial charge on any atom is -0.309 e. The van der Waals surface area contributed by atoms with E-state index in [0.29, 0.717) is 5.70 Å². The monoisotopic (exact) mass is 852 g/mol. The smallest absolute Gasteiger partial charge is 0.0712 e. The van der Waals surface area contributed by atoms with Crippen molar-refractivity contribution in [3.05, 3.63) is 263 Å². The van der Waals surface area contributed by atoms with Crippen molar-refractivity contribution < 1.29 is 0 Å². The first kappa shape index (κ1) is 43.4. The molecule has 0 spiro atoms. The van der Waals surface area contributed by atoms with E-state index in [1.54, 1.807) is 0 Å². The van der Waals surface area contributed by atoms with Gasteiger partial charge in [0.15, 0.2) is 0 Å². The third kappa shape index (κ3) is 8.71. The number of rotatable bonds is 11. The van der Waals surface area contributed by atoms with Gasteiger partial charge in [0.2, 0.25) is 0 Å². The van der Waals surface area contributed by atoms with Crippen LogP contribution < -0.4 is 0 Å². The molecule has 0 saturated heterocycles. The van der Waals surface area contributed by atoms with Crippen molar-refractivity contribution >= 4 is 67.3 Å². The van der Waals surface area contributed by atoms with Gasteiger partial charge in [-0.25, -0.2) is 4.99 Å². The minimum absolute atomic E-state index is 0.219. The molecule has 66 heavy (non-hydrogen) atoms. The van der Waals surface area contributed by atoms with E-state index in [4.69, 9.17) is 4.99 Å². The van der Waals surface area contributed by atoms with Crippen molar-refractivity contribution in [2.45, 2.75) is 46.5 Å². The van der Waals surface area contributed by atoms with Crippen LogP contribution in [0.4, 0.5) is 0 Å². The Morgan fingerprint density at radius 1 is 0.667 bits per heavy atom. The summed E-state index contributed by atoms with van der Waals surface area (Å²) < 4.78 is 2.36. The molecule has 1 heterocycles. The zero-order valence-corrected chi connectivity index (χ0v) is 38.5. The van der Waals surface area contributed by atoms with Crippen molar-refractivity contribution in [3.8, 4) is 5.69 Å². The van der Waals surface area contributed by atoms with Crippen molar-refractivity contribution in [1.82, 2.24) is 4.57 Å². The Hall–Kier alpha value is -7.81. The van der Waals surface area contributed by atoms with Gasteiger partial charge in [-0.15, -0.1) is 0 Å². The lowest BCUT2D eigenvalue weighted by molar-refractivity contribution is 0.975. The van der Waals surface area contributed by atoms with Crippen LogP contribution in [0.15, 0.2) is 218 Å². The SMILES string of the molecule is C=Cc1c(/C=C\C(C)c2ccc3cc(C4=CCCc5ccccc54)ccc3c2)ccc2c1c1ccccc1n2-c1ccc(C(=C)N=C(/C=C(\C)c2ccccc2)c2ccccc2)cc1.CC. The molecule has 0 aliphatic heterocycles. The molecule has 322 valence electrons. The van der Waals surface area contributed by atoms with Crippen LogP contribution in [0.5, 0.6) is 0 Å². The average Bonchev–Trinajstić information content (AvgIpc) is 3.72. The van der Waals surface area contributed by atoms with E-state index in [1.165, 1.54) is 54.9 Å². The van der Waals surface area contributed by atoms with E-state index in [9.17, 15) is 0 Å². The first-order chi connectivity index (χ1) is 32.4. The van der Waals surface area contributed by atoms with E-state index < -0.39 is 0 Å². The lowest BCUT2D eigenvalue weighted by atomic mass is 9.86. The molecule has 1 atom stereocenters. The van der Waals surface area contributed by atoms with Crippen LogP contribution in [0, 0.1) is 0 Å². The quantitative estimate of drug-likeness (QED) is 0.115. The number of aryl methyl sites for hydroxylation is 1. The van der Waals surface area contributed by atoms with E-state index in [-0.39, 0.29) is 5.92 Å². The molecule has 1 unspecified atom stereocenters. The minimum atomic E-state index is 0.219. The Kier molecular flexibility index (Phi) is 12.8. The lowest BCUT2D eigenvalue weighted by Gasteiger charge is -2.18. The Labute approximate surface area is 390 Å². The molecule has 9 aromatic rings. The summed E-state index contributed by atoms with van der Waals surface area (Å²) >= 11 is 0. The van der Waals surface area contributed by atoms with Gasteiger partial charge < -0.3 is 4.57 Å². The molecule has 1 aromatic heterocycles. The molecule has 10 rings (SSSR count). The zero-order chi connectivity index (χ0) is 45.6. The fraction of sp³-hybridized carbons (Fsp3) is 0.109. The van der Waals surface area contributed by atoms with Gasteiger partial charge in [-0.05, 0) is 129 Å². The standard InChI is InChI=1S/C62H50N2.C2H6/c1-5-55-48(28-27-42(2)50-29-30-52-41-53(32-31-51(52)40-50)57-25-16-22-47-19-12-13-23-56(47)57)35-38-61-62(55)58-24-14-15-26-60(58)64(61)54-36-33-46(34-37-54)44(4)63-59(49-20-10-7-11-21-49)39-43(3)45-17-8-6-9-18-45;1-2/h5-15,17-21,23-42H,1,4,16,22H2,2-3H3;1-2H3/b28-27-,43-39+,63-59?;. The van der Waals surface area contributed by atoms with E-state index >= 15 is 0 Å². The number of hydrogen-bond donors (Lipinski definition) is 0. The van der Waals surface area contributed by atoms with Crippen LogP contribution in [-0.4, -0.2) is 10.3 Å². The highest BCUT2D eigenvalue weighted by molar-refractivity contribution is 6.15. The topological polar surface area (TPSA) is 17.3 Å². The maximum absolute atomic E-state index is 5.11. The zero-order valence-electron chi connectivity index (χ0n) is 38.5. The predicted molar refractivity (Wildman–Crippen MR) is 288 cm³/mol. The molecule has 0 radical (unpaired) electrons. The summed E-state index contributed by atoms with van der Waals surface area (Å²) in [6.45, 7) is 17.2. The van der Waals surface area contributed by atoms with Crippen molar-refractivity contribution in [3.63, 3.8) is 0 Å². The van der Waals surface area contributed by atoms with Crippen LogP contribution >= 0.6 is 0 Å². The van der Waals surface area contributed by atoms with Crippen molar-refractivity contribution in [2.75, 3.05) is 0 Å². The highest BCUT2D eigenvalue weighted by Gasteiger charge is 2.18. The number of fused-ring (bicyclic) bond motifs is 5. The van der Waals surface area contributed by atoms with Crippen LogP contribution in [0.25, 0.3) is 67.3 Å². The Morgan fingerprint density at radius 2 is 1.35 bits per heavy atom. The van der Waals surface area contributed by atoms with Crippen LogP contribution in [0.1, 0.15) is 90.1 Å². The maximum Gasteiger partial charge on any atom is 0.0712 e. The highest BCUT2D eigenvalue weighted by Crippen LogP contribution is 2.38.